The van der Waals surface area contributed by atoms with Gasteiger partial charge in [0.15, 0.2) is 11.9 Å². The van der Waals surface area contributed by atoms with Crippen molar-refractivity contribution in [2.45, 2.75) is 33.4 Å². The molecule has 0 fully saturated rings. The zero-order valence-electron chi connectivity index (χ0n) is 12.5. The lowest BCUT2D eigenvalue weighted by atomic mass is 10.2. The molecule has 0 saturated carbocycles. The monoisotopic (exact) mass is 295 g/mol. The van der Waals surface area contributed by atoms with Gasteiger partial charge < -0.3 is 15.4 Å². The van der Waals surface area contributed by atoms with Crippen molar-refractivity contribution in [3.63, 3.8) is 0 Å². The SMILES string of the molecule is CCN(CC)C(=O)C(C)Oc1ccc(CN)cc1[N+](=O)[O-]. The summed E-state index contributed by atoms with van der Waals surface area (Å²) in [4.78, 5) is 24.3. The van der Waals surface area contributed by atoms with Crippen molar-refractivity contribution in [3.8, 4) is 5.75 Å². The zero-order valence-corrected chi connectivity index (χ0v) is 12.5. The number of nitrogens with two attached hydrogens (primary N) is 1. The van der Waals surface area contributed by atoms with E-state index in [0.29, 0.717) is 18.7 Å². The number of carbonyl (C=O) groups excluding carboxylic acids is 1. The lowest BCUT2D eigenvalue weighted by Gasteiger charge is -2.23. The molecule has 1 amide bonds. The summed E-state index contributed by atoms with van der Waals surface area (Å²) in [5.74, 6) is -0.123. The highest BCUT2D eigenvalue weighted by Gasteiger charge is 2.24. The standard InChI is InChI=1S/C14H21N3O4/c1-4-16(5-2)14(18)10(3)21-13-7-6-11(9-15)8-12(13)17(19)20/h6-8,10H,4-5,9,15H2,1-3H3. The van der Waals surface area contributed by atoms with E-state index in [-0.39, 0.29) is 23.9 Å². The van der Waals surface area contributed by atoms with Gasteiger partial charge in [-0.05, 0) is 32.4 Å². The second-order valence-corrected chi connectivity index (χ2v) is 4.53. The molecule has 0 spiro atoms. The summed E-state index contributed by atoms with van der Waals surface area (Å²) in [5.41, 5.74) is 5.92. The minimum absolute atomic E-state index is 0.0743. The van der Waals surface area contributed by atoms with Crippen molar-refractivity contribution in [2.75, 3.05) is 13.1 Å². The number of rotatable bonds is 7. The first-order valence-electron chi connectivity index (χ1n) is 6.87. The molecule has 0 aliphatic heterocycles. The first kappa shape index (κ1) is 16.9. The molecule has 7 nitrogen and oxygen atoms in total. The van der Waals surface area contributed by atoms with E-state index < -0.39 is 11.0 Å². The third-order valence-electron chi connectivity index (χ3n) is 3.18. The van der Waals surface area contributed by atoms with Crippen molar-refractivity contribution < 1.29 is 14.5 Å². The van der Waals surface area contributed by atoms with Crippen molar-refractivity contribution in [1.29, 1.82) is 0 Å². The van der Waals surface area contributed by atoms with Crippen molar-refractivity contribution in [1.82, 2.24) is 4.90 Å². The van der Waals surface area contributed by atoms with Gasteiger partial charge >= 0.3 is 5.69 Å². The Morgan fingerprint density at radius 3 is 2.52 bits per heavy atom. The fourth-order valence-electron chi connectivity index (χ4n) is 1.97. The van der Waals surface area contributed by atoms with Crippen LogP contribution in [0.4, 0.5) is 5.69 Å². The first-order chi connectivity index (χ1) is 9.94. The summed E-state index contributed by atoms with van der Waals surface area (Å²) in [5, 5.41) is 11.1. The maximum Gasteiger partial charge on any atom is 0.311 e. The van der Waals surface area contributed by atoms with E-state index in [1.165, 1.54) is 12.1 Å². The molecule has 21 heavy (non-hydrogen) atoms. The van der Waals surface area contributed by atoms with Crippen LogP contribution < -0.4 is 10.5 Å². The second kappa shape index (κ2) is 7.58. The molecule has 1 rings (SSSR count). The van der Waals surface area contributed by atoms with Gasteiger partial charge in [-0.3, -0.25) is 14.9 Å². The molecule has 0 aliphatic carbocycles. The summed E-state index contributed by atoms with van der Waals surface area (Å²) in [7, 11) is 0. The van der Waals surface area contributed by atoms with Gasteiger partial charge in [-0.25, -0.2) is 0 Å². The molecular weight excluding hydrogens is 274 g/mol. The van der Waals surface area contributed by atoms with Crippen molar-refractivity contribution in [3.05, 3.63) is 33.9 Å². The van der Waals surface area contributed by atoms with Crippen LogP contribution in [0.3, 0.4) is 0 Å². The maximum absolute atomic E-state index is 12.1. The quantitative estimate of drug-likeness (QED) is 0.609. The Labute approximate surface area is 123 Å². The Balaban J connectivity index is 2.96. The maximum atomic E-state index is 12.1. The van der Waals surface area contributed by atoms with Crippen LogP contribution >= 0.6 is 0 Å². The minimum Gasteiger partial charge on any atom is -0.474 e. The Bertz CT molecular complexity index is 515. The van der Waals surface area contributed by atoms with E-state index in [2.05, 4.69) is 0 Å². The van der Waals surface area contributed by atoms with Gasteiger partial charge in [0.05, 0.1) is 4.92 Å². The third-order valence-corrected chi connectivity index (χ3v) is 3.18. The molecule has 1 aromatic rings. The number of amides is 1. The number of benzene rings is 1. The number of ether oxygens (including phenoxy) is 1. The average Bonchev–Trinajstić information content (AvgIpc) is 2.48. The molecular formula is C14H21N3O4. The average molecular weight is 295 g/mol. The molecule has 7 heteroatoms. The number of likely N-dealkylation sites (N-methyl/N-ethyl adjacent to an activating group) is 1. The summed E-state index contributed by atoms with van der Waals surface area (Å²) in [6.45, 7) is 6.66. The van der Waals surface area contributed by atoms with Gasteiger partial charge in [0.2, 0.25) is 0 Å². The Morgan fingerprint density at radius 1 is 1.43 bits per heavy atom. The van der Waals surface area contributed by atoms with Gasteiger partial charge in [-0.2, -0.15) is 0 Å². The molecule has 0 aliphatic rings. The Morgan fingerprint density at radius 2 is 2.05 bits per heavy atom. The van der Waals surface area contributed by atoms with E-state index in [9.17, 15) is 14.9 Å². The molecule has 0 saturated heterocycles. The lowest BCUT2D eigenvalue weighted by Crippen LogP contribution is -2.40. The summed E-state index contributed by atoms with van der Waals surface area (Å²) >= 11 is 0. The van der Waals surface area contributed by atoms with Gasteiger partial charge in [0.1, 0.15) is 0 Å². The molecule has 1 unspecified atom stereocenters. The molecule has 1 aromatic carbocycles. The number of hydrogen-bond acceptors (Lipinski definition) is 5. The number of nitro benzene ring substituents is 1. The second-order valence-electron chi connectivity index (χ2n) is 4.53. The smallest absolute Gasteiger partial charge is 0.311 e. The summed E-state index contributed by atoms with van der Waals surface area (Å²) in [6, 6.07) is 4.49. The van der Waals surface area contributed by atoms with E-state index >= 15 is 0 Å². The minimum atomic E-state index is -0.785. The van der Waals surface area contributed by atoms with E-state index in [4.69, 9.17) is 10.5 Å². The van der Waals surface area contributed by atoms with Gasteiger partial charge in [0, 0.05) is 25.7 Å². The Hall–Kier alpha value is -2.15. The van der Waals surface area contributed by atoms with Gasteiger partial charge in [0.25, 0.3) is 5.91 Å². The van der Waals surface area contributed by atoms with Crippen LogP contribution in [0.2, 0.25) is 0 Å². The fraction of sp³-hybridized carbons (Fsp3) is 0.500. The zero-order chi connectivity index (χ0) is 16.0. The fourth-order valence-corrected chi connectivity index (χ4v) is 1.97. The largest absolute Gasteiger partial charge is 0.474 e. The molecule has 2 N–H and O–H groups in total. The first-order valence-corrected chi connectivity index (χ1v) is 6.87. The predicted octanol–water partition coefficient (Wildman–Crippen LogP) is 1.69. The summed E-state index contributed by atoms with van der Waals surface area (Å²) < 4.78 is 5.48. The topological polar surface area (TPSA) is 98.7 Å². The van der Waals surface area contributed by atoms with Crippen LogP contribution in [0.25, 0.3) is 0 Å². The molecule has 1 atom stereocenters. The summed E-state index contributed by atoms with van der Waals surface area (Å²) in [6.07, 6.45) is -0.785. The molecule has 116 valence electrons. The van der Waals surface area contributed by atoms with Crippen molar-refractivity contribution in [2.24, 2.45) is 5.73 Å². The van der Waals surface area contributed by atoms with Gasteiger partial charge in [-0.1, -0.05) is 6.07 Å². The lowest BCUT2D eigenvalue weighted by molar-refractivity contribution is -0.386. The highest BCUT2D eigenvalue weighted by Crippen LogP contribution is 2.29. The molecule has 0 heterocycles. The number of carbonyl (C=O) groups is 1. The van der Waals surface area contributed by atoms with E-state index in [1.54, 1.807) is 17.9 Å². The number of nitro groups is 1. The van der Waals surface area contributed by atoms with Crippen molar-refractivity contribution >= 4 is 11.6 Å². The van der Waals surface area contributed by atoms with E-state index in [0.717, 1.165) is 0 Å². The molecule has 0 bridgehead atoms. The third kappa shape index (κ3) is 4.16. The Kier molecular flexibility index (Phi) is 6.10. The van der Waals surface area contributed by atoms with E-state index in [1.807, 2.05) is 13.8 Å². The van der Waals surface area contributed by atoms with Crippen LogP contribution in [0, 0.1) is 10.1 Å². The number of hydrogen-bond donors (Lipinski definition) is 1. The highest BCUT2D eigenvalue weighted by molar-refractivity contribution is 5.81. The molecule has 0 aromatic heterocycles. The highest BCUT2D eigenvalue weighted by atomic mass is 16.6. The van der Waals surface area contributed by atoms with Crippen LogP contribution in [0.1, 0.15) is 26.3 Å². The van der Waals surface area contributed by atoms with Crippen LogP contribution in [0.15, 0.2) is 18.2 Å². The van der Waals surface area contributed by atoms with Crippen LogP contribution in [0.5, 0.6) is 5.75 Å². The predicted molar refractivity (Wildman–Crippen MR) is 79.0 cm³/mol. The number of nitrogens with zero attached hydrogens (tertiary/aromatic N) is 2. The molecule has 0 radical (unpaired) electrons. The van der Waals surface area contributed by atoms with Gasteiger partial charge in [-0.15, -0.1) is 0 Å². The van der Waals surface area contributed by atoms with Crippen LogP contribution in [-0.4, -0.2) is 34.9 Å². The normalized spacial score (nSPS) is 11.8. The van der Waals surface area contributed by atoms with Crippen LogP contribution in [-0.2, 0) is 11.3 Å².